The summed E-state index contributed by atoms with van der Waals surface area (Å²) in [7, 11) is 2.05. The van der Waals surface area contributed by atoms with Crippen molar-refractivity contribution in [2.45, 2.75) is 63.8 Å². The van der Waals surface area contributed by atoms with Gasteiger partial charge < -0.3 is 10.2 Å². The molecular weight excluding hydrogens is 250 g/mol. The molecule has 1 saturated heterocycles. The third kappa shape index (κ3) is 5.61. The van der Waals surface area contributed by atoms with Crippen LogP contribution in [0.4, 0.5) is 0 Å². The zero-order chi connectivity index (χ0) is 15.0. The maximum Gasteiger partial charge on any atom is 0.0758 e. The monoisotopic (exact) mass is 279 g/mol. The fraction of sp³-hybridized carbons (Fsp3) is 0.647. The molecule has 1 heterocycles. The van der Waals surface area contributed by atoms with Crippen molar-refractivity contribution >= 4 is 0 Å². The van der Waals surface area contributed by atoms with Crippen LogP contribution in [0.1, 0.15) is 39.5 Å². The van der Waals surface area contributed by atoms with Crippen molar-refractivity contribution in [3.63, 3.8) is 0 Å². The summed E-state index contributed by atoms with van der Waals surface area (Å²) in [5.74, 6) is 0. The van der Waals surface area contributed by atoms with Crippen LogP contribution in [0.3, 0.4) is 0 Å². The summed E-state index contributed by atoms with van der Waals surface area (Å²) in [5.41, 5.74) is 0. The van der Waals surface area contributed by atoms with Crippen LogP contribution in [0, 0.1) is 0 Å². The second-order valence-electron chi connectivity index (χ2n) is 5.57. The zero-order valence-corrected chi connectivity index (χ0v) is 12.9. The maximum atomic E-state index is 9.79. The lowest BCUT2D eigenvalue weighted by molar-refractivity contribution is 0.0153. The topological polar surface area (TPSA) is 43.7 Å². The normalized spacial score (nSPS) is 30.8. The summed E-state index contributed by atoms with van der Waals surface area (Å²) in [6, 6.07) is 0.572. The Hall–Kier alpha value is -0.900. The van der Waals surface area contributed by atoms with E-state index in [2.05, 4.69) is 37.9 Å². The smallest absolute Gasteiger partial charge is 0.0758 e. The van der Waals surface area contributed by atoms with Crippen LogP contribution in [0.5, 0.6) is 0 Å². The molecule has 1 rings (SSSR count). The first-order chi connectivity index (χ1) is 9.56. The Labute approximate surface area is 123 Å². The molecule has 3 heteroatoms. The minimum atomic E-state index is -0.410. The van der Waals surface area contributed by atoms with Crippen LogP contribution in [-0.4, -0.2) is 46.5 Å². The molecule has 3 nitrogen and oxygen atoms in total. The molecular formula is C17H29NO2. The van der Waals surface area contributed by atoms with Crippen LogP contribution in [0.25, 0.3) is 0 Å². The summed E-state index contributed by atoms with van der Waals surface area (Å²) in [4.78, 5) is 2.21. The minimum absolute atomic E-state index is 0.201. The molecule has 0 aromatic heterocycles. The number of allylic oxidation sites excluding steroid dienone is 3. The fourth-order valence-electron chi connectivity index (χ4n) is 2.46. The van der Waals surface area contributed by atoms with Crippen molar-refractivity contribution in [2.24, 2.45) is 0 Å². The van der Waals surface area contributed by atoms with Gasteiger partial charge in [-0.2, -0.15) is 0 Å². The van der Waals surface area contributed by atoms with E-state index in [0.717, 1.165) is 19.3 Å². The Morgan fingerprint density at radius 1 is 1.25 bits per heavy atom. The third-order valence-electron chi connectivity index (χ3n) is 4.04. The molecule has 4 atom stereocenters. The maximum absolute atomic E-state index is 9.79. The quantitative estimate of drug-likeness (QED) is 0.580. The van der Waals surface area contributed by atoms with Gasteiger partial charge in [0.1, 0.15) is 0 Å². The molecule has 1 aliphatic heterocycles. The molecule has 0 aliphatic carbocycles. The first kappa shape index (κ1) is 17.2. The van der Waals surface area contributed by atoms with Crippen molar-refractivity contribution in [1.82, 2.24) is 4.90 Å². The van der Waals surface area contributed by atoms with E-state index in [9.17, 15) is 10.2 Å². The third-order valence-corrected chi connectivity index (χ3v) is 4.04. The Bertz CT molecular complexity index is 349. The Morgan fingerprint density at radius 3 is 2.70 bits per heavy atom. The molecule has 0 spiro atoms. The van der Waals surface area contributed by atoms with E-state index in [-0.39, 0.29) is 12.1 Å². The highest BCUT2D eigenvalue weighted by Gasteiger charge is 2.28. The Balaban J connectivity index is 2.38. The van der Waals surface area contributed by atoms with Crippen LogP contribution < -0.4 is 0 Å². The van der Waals surface area contributed by atoms with Gasteiger partial charge in [0.25, 0.3) is 0 Å². The number of rotatable bonds is 6. The zero-order valence-electron chi connectivity index (χ0n) is 12.9. The van der Waals surface area contributed by atoms with E-state index in [4.69, 9.17) is 0 Å². The average Bonchev–Trinajstić information content (AvgIpc) is 2.43. The van der Waals surface area contributed by atoms with Crippen molar-refractivity contribution in [3.8, 4) is 0 Å². The van der Waals surface area contributed by atoms with Crippen molar-refractivity contribution in [1.29, 1.82) is 0 Å². The van der Waals surface area contributed by atoms with Gasteiger partial charge in [0.2, 0.25) is 0 Å². The molecule has 1 aliphatic rings. The molecule has 2 N–H and O–H groups in total. The fourth-order valence-corrected chi connectivity index (χ4v) is 2.46. The lowest BCUT2D eigenvalue weighted by Crippen LogP contribution is -2.48. The van der Waals surface area contributed by atoms with Gasteiger partial charge >= 0.3 is 0 Å². The molecule has 0 bridgehead atoms. The lowest BCUT2D eigenvalue weighted by atomic mass is 9.94. The van der Waals surface area contributed by atoms with Gasteiger partial charge in [-0.1, -0.05) is 43.4 Å². The number of nitrogens with zero attached hydrogens (tertiary/aromatic N) is 1. The van der Waals surface area contributed by atoms with Crippen LogP contribution >= 0.6 is 0 Å². The predicted molar refractivity (Wildman–Crippen MR) is 84.6 cm³/mol. The summed E-state index contributed by atoms with van der Waals surface area (Å²) in [6.07, 6.45) is 14.8. The van der Waals surface area contributed by atoms with E-state index in [1.807, 2.05) is 24.3 Å². The van der Waals surface area contributed by atoms with E-state index in [1.54, 1.807) is 0 Å². The van der Waals surface area contributed by atoms with Gasteiger partial charge in [-0.3, -0.25) is 4.90 Å². The van der Waals surface area contributed by atoms with Crippen LogP contribution in [0.2, 0.25) is 0 Å². The molecule has 0 aromatic rings. The van der Waals surface area contributed by atoms with Gasteiger partial charge in [0, 0.05) is 12.1 Å². The van der Waals surface area contributed by atoms with E-state index >= 15 is 0 Å². The molecule has 1 fully saturated rings. The van der Waals surface area contributed by atoms with E-state index in [0.29, 0.717) is 12.5 Å². The molecule has 0 amide bonds. The van der Waals surface area contributed by atoms with Crippen molar-refractivity contribution < 1.29 is 10.2 Å². The summed E-state index contributed by atoms with van der Waals surface area (Å²) in [6.45, 7) is 4.14. The Morgan fingerprint density at radius 2 is 2.00 bits per heavy atom. The van der Waals surface area contributed by atoms with Crippen molar-refractivity contribution in [3.05, 3.63) is 36.5 Å². The van der Waals surface area contributed by atoms with E-state index < -0.39 is 6.10 Å². The number of hydrogen-bond donors (Lipinski definition) is 2. The first-order valence-corrected chi connectivity index (χ1v) is 7.64. The second-order valence-corrected chi connectivity index (χ2v) is 5.57. The van der Waals surface area contributed by atoms with Gasteiger partial charge in [0.15, 0.2) is 0 Å². The number of aliphatic hydroxyl groups is 2. The van der Waals surface area contributed by atoms with Gasteiger partial charge in [-0.15, -0.1) is 0 Å². The number of hydrogen-bond acceptors (Lipinski definition) is 3. The highest BCUT2D eigenvalue weighted by molar-refractivity contribution is 5.10. The number of piperidine rings is 1. The molecule has 0 radical (unpaired) electrons. The predicted octanol–water partition coefficient (Wildman–Crippen LogP) is 2.66. The van der Waals surface area contributed by atoms with Crippen LogP contribution in [0.15, 0.2) is 36.5 Å². The standard InChI is InChI=1S/C17H29NO2/c1-4-5-6-10-16(19)11-8-7-9-15-12-13-17(20)14(2)18(15)3/h5-9,11,14-17,19-20H,4,10,12-13H2,1-3H3. The second kappa shape index (κ2) is 9.11. The molecule has 20 heavy (non-hydrogen) atoms. The van der Waals surface area contributed by atoms with Gasteiger partial charge in [-0.05, 0) is 39.7 Å². The van der Waals surface area contributed by atoms with Crippen molar-refractivity contribution in [2.75, 3.05) is 7.05 Å². The SMILES string of the molecule is CCC=CCC(O)C=CC=CC1CCC(O)C(C)N1C. The molecule has 0 saturated carbocycles. The Kier molecular flexibility index (Phi) is 7.82. The highest BCUT2D eigenvalue weighted by atomic mass is 16.3. The summed E-state index contributed by atoms with van der Waals surface area (Å²) >= 11 is 0. The number of likely N-dealkylation sites (tertiary alicyclic amines) is 1. The van der Waals surface area contributed by atoms with Gasteiger partial charge in [0.05, 0.1) is 12.2 Å². The average molecular weight is 279 g/mol. The molecule has 4 unspecified atom stereocenters. The molecule has 0 aromatic carbocycles. The summed E-state index contributed by atoms with van der Waals surface area (Å²) in [5, 5.41) is 19.5. The number of aliphatic hydroxyl groups excluding tert-OH is 2. The van der Waals surface area contributed by atoms with Gasteiger partial charge in [-0.25, -0.2) is 0 Å². The molecule has 114 valence electrons. The number of likely N-dealkylation sites (N-methyl/N-ethyl adjacent to an activating group) is 1. The van der Waals surface area contributed by atoms with E-state index in [1.165, 1.54) is 0 Å². The van der Waals surface area contributed by atoms with Crippen LogP contribution in [-0.2, 0) is 0 Å². The summed E-state index contributed by atoms with van der Waals surface area (Å²) < 4.78 is 0. The lowest BCUT2D eigenvalue weighted by Gasteiger charge is -2.39. The minimum Gasteiger partial charge on any atom is -0.392 e. The first-order valence-electron chi connectivity index (χ1n) is 7.64. The largest absolute Gasteiger partial charge is 0.392 e. The highest BCUT2D eigenvalue weighted by Crippen LogP contribution is 2.22.